The van der Waals surface area contributed by atoms with Crippen LogP contribution in [0, 0.1) is 0 Å². The summed E-state index contributed by atoms with van der Waals surface area (Å²) in [4.78, 5) is 0. The monoisotopic (exact) mass is 279 g/mol. The van der Waals surface area contributed by atoms with Crippen LogP contribution in [0.1, 0.15) is 31.2 Å². The van der Waals surface area contributed by atoms with Gasteiger partial charge in [-0.2, -0.15) is 11.8 Å². The van der Waals surface area contributed by atoms with E-state index in [1.165, 1.54) is 31.2 Å². The van der Waals surface area contributed by atoms with Gasteiger partial charge < -0.3 is 14.8 Å². The van der Waals surface area contributed by atoms with Gasteiger partial charge in [-0.3, -0.25) is 0 Å². The van der Waals surface area contributed by atoms with Crippen LogP contribution in [0.15, 0.2) is 18.2 Å². The molecule has 0 atom stereocenters. The molecular weight excluding hydrogens is 258 g/mol. The Morgan fingerprint density at radius 1 is 1.26 bits per heavy atom. The fourth-order valence-corrected chi connectivity index (χ4v) is 3.97. The number of hydrogen-bond donors (Lipinski definition) is 1. The van der Waals surface area contributed by atoms with Crippen LogP contribution < -0.4 is 14.8 Å². The molecule has 0 amide bonds. The van der Waals surface area contributed by atoms with E-state index in [1.807, 2.05) is 23.9 Å². The summed E-state index contributed by atoms with van der Waals surface area (Å²) in [7, 11) is 0. The number of rotatable bonds is 5. The Morgan fingerprint density at radius 3 is 2.89 bits per heavy atom. The molecule has 0 spiro atoms. The van der Waals surface area contributed by atoms with Crippen molar-refractivity contribution in [3.8, 4) is 11.5 Å². The average molecular weight is 279 g/mol. The summed E-state index contributed by atoms with van der Waals surface area (Å²) in [6, 6.07) is 6.11. The molecule has 3 nitrogen and oxygen atoms in total. The smallest absolute Gasteiger partial charge is 0.231 e. The second-order valence-corrected chi connectivity index (χ2v) is 6.62. The first-order valence-electron chi connectivity index (χ1n) is 6.96. The van der Waals surface area contributed by atoms with Crippen molar-refractivity contribution in [3.63, 3.8) is 0 Å². The predicted octanol–water partition coefficient (Wildman–Crippen LogP) is 3.18. The third-order valence-corrected chi connectivity index (χ3v) is 5.61. The maximum absolute atomic E-state index is 5.54. The zero-order valence-corrected chi connectivity index (χ0v) is 12.2. The first-order valence-corrected chi connectivity index (χ1v) is 8.19. The van der Waals surface area contributed by atoms with Gasteiger partial charge in [0, 0.05) is 23.4 Å². The van der Waals surface area contributed by atoms with E-state index in [0.29, 0.717) is 11.5 Å². The van der Waals surface area contributed by atoms with Gasteiger partial charge in [0.25, 0.3) is 0 Å². The molecule has 1 fully saturated rings. The second kappa shape index (κ2) is 5.63. The molecule has 1 aromatic carbocycles. The molecule has 0 unspecified atom stereocenters. The lowest BCUT2D eigenvalue weighted by molar-refractivity contribution is 0.173. The number of benzene rings is 1. The number of hydrogen-bond acceptors (Lipinski definition) is 4. The Hall–Kier alpha value is -0.870. The summed E-state index contributed by atoms with van der Waals surface area (Å²) >= 11 is 2.02. The van der Waals surface area contributed by atoms with E-state index in [2.05, 4.69) is 17.6 Å². The van der Waals surface area contributed by atoms with Gasteiger partial charge in [0.1, 0.15) is 0 Å². The van der Waals surface area contributed by atoms with Crippen LogP contribution in [-0.4, -0.2) is 24.3 Å². The normalized spacial score (nSPS) is 19.8. The molecular formula is C15H21NO2S. The van der Waals surface area contributed by atoms with Gasteiger partial charge in [-0.15, -0.1) is 0 Å². The van der Waals surface area contributed by atoms with E-state index in [0.717, 1.165) is 24.6 Å². The predicted molar refractivity (Wildman–Crippen MR) is 79.0 cm³/mol. The number of thioether (sulfide) groups is 1. The lowest BCUT2D eigenvalue weighted by atomic mass is 10.1. The fraction of sp³-hybridized carbons (Fsp3) is 0.600. The third kappa shape index (κ3) is 2.70. The zero-order chi connectivity index (χ0) is 13.1. The van der Waals surface area contributed by atoms with Crippen molar-refractivity contribution < 1.29 is 9.47 Å². The molecule has 1 N–H and O–H groups in total. The maximum Gasteiger partial charge on any atom is 0.231 e. The van der Waals surface area contributed by atoms with Gasteiger partial charge in [-0.05, 0) is 25.2 Å². The Bertz CT molecular complexity index is 444. The Morgan fingerprint density at radius 2 is 2.11 bits per heavy atom. The molecule has 1 heterocycles. The highest BCUT2D eigenvalue weighted by Crippen LogP contribution is 2.40. The third-order valence-electron chi connectivity index (χ3n) is 4.19. The first-order chi connectivity index (χ1) is 9.33. The molecule has 4 heteroatoms. The Labute approximate surface area is 119 Å². The zero-order valence-electron chi connectivity index (χ0n) is 11.4. The highest BCUT2D eigenvalue weighted by atomic mass is 32.2. The number of ether oxygens (including phenoxy) is 2. The fourth-order valence-electron chi connectivity index (χ4n) is 3.03. The molecule has 1 aliphatic heterocycles. The minimum absolute atomic E-state index is 0.348. The molecule has 104 valence electrons. The summed E-state index contributed by atoms with van der Waals surface area (Å²) in [6.07, 6.45) is 7.67. The number of para-hydroxylation sites is 1. The van der Waals surface area contributed by atoms with Crippen LogP contribution in [0.4, 0.5) is 0 Å². The molecule has 1 saturated carbocycles. The van der Waals surface area contributed by atoms with E-state index < -0.39 is 0 Å². The van der Waals surface area contributed by atoms with E-state index in [-0.39, 0.29) is 0 Å². The largest absolute Gasteiger partial charge is 0.454 e. The standard InChI is InChI=1S/C15H21NO2S/c1-19-15(7-2-3-8-15)10-16-9-12-5-4-6-13-14(12)18-11-17-13/h4-6,16H,2-3,7-11H2,1H3. The van der Waals surface area contributed by atoms with Crippen LogP contribution >= 0.6 is 11.8 Å². The van der Waals surface area contributed by atoms with Gasteiger partial charge in [-0.1, -0.05) is 25.0 Å². The van der Waals surface area contributed by atoms with Crippen LogP contribution in [0.25, 0.3) is 0 Å². The van der Waals surface area contributed by atoms with Gasteiger partial charge >= 0.3 is 0 Å². The maximum atomic E-state index is 5.54. The molecule has 0 saturated heterocycles. The van der Waals surface area contributed by atoms with Crippen LogP contribution in [-0.2, 0) is 6.54 Å². The summed E-state index contributed by atoms with van der Waals surface area (Å²) in [5.41, 5.74) is 1.20. The van der Waals surface area contributed by atoms with Crippen molar-refractivity contribution in [1.82, 2.24) is 5.32 Å². The second-order valence-electron chi connectivity index (χ2n) is 5.35. The molecule has 19 heavy (non-hydrogen) atoms. The van der Waals surface area contributed by atoms with Gasteiger partial charge in [0.15, 0.2) is 11.5 Å². The minimum atomic E-state index is 0.348. The molecule has 0 radical (unpaired) electrons. The molecule has 0 bridgehead atoms. The summed E-state index contributed by atoms with van der Waals surface area (Å²) in [5, 5.41) is 3.61. The van der Waals surface area contributed by atoms with Crippen molar-refractivity contribution >= 4 is 11.8 Å². The summed E-state index contributed by atoms with van der Waals surface area (Å²) < 4.78 is 11.4. The van der Waals surface area contributed by atoms with Crippen molar-refractivity contribution in [2.45, 2.75) is 37.0 Å². The van der Waals surface area contributed by atoms with Gasteiger partial charge in [0.2, 0.25) is 6.79 Å². The van der Waals surface area contributed by atoms with Crippen LogP contribution in [0.2, 0.25) is 0 Å². The van der Waals surface area contributed by atoms with Gasteiger partial charge in [0.05, 0.1) is 0 Å². The molecule has 0 aromatic heterocycles. The summed E-state index contributed by atoms with van der Waals surface area (Å²) in [6.45, 7) is 2.29. The van der Waals surface area contributed by atoms with Crippen molar-refractivity contribution in [1.29, 1.82) is 0 Å². The van der Waals surface area contributed by atoms with E-state index in [4.69, 9.17) is 9.47 Å². The lowest BCUT2D eigenvalue weighted by Crippen LogP contribution is -2.34. The topological polar surface area (TPSA) is 30.5 Å². The number of nitrogens with one attached hydrogen (secondary N) is 1. The van der Waals surface area contributed by atoms with Crippen LogP contribution in [0.5, 0.6) is 11.5 Å². The van der Waals surface area contributed by atoms with E-state index in [9.17, 15) is 0 Å². The molecule has 1 aromatic rings. The minimum Gasteiger partial charge on any atom is -0.454 e. The molecule has 2 aliphatic rings. The van der Waals surface area contributed by atoms with Crippen molar-refractivity contribution in [3.05, 3.63) is 23.8 Å². The number of fused-ring (bicyclic) bond motifs is 1. The lowest BCUT2D eigenvalue weighted by Gasteiger charge is -2.27. The quantitative estimate of drug-likeness (QED) is 0.896. The Balaban J connectivity index is 1.59. The van der Waals surface area contributed by atoms with E-state index >= 15 is 0 Å². The summed E-state index contributed by atoms with van der Waals surface area (Å²) in [5.74, 6) is 1.79. The van der Waals surface area contributed by atoms with Gasteiger partial charge in [-0.25, -0.2) is 0 Å². The highest BCUT2D eigenvalue weighted by molar-refractivity contribution is 8.00. The van der Waals surface area contributed by atoms with Crippen molar-refractivity contribution in [2.75, 3.05) is 19.6 Å². The van der Waals surface area contributed by atoms with Crippen molar-refractivity contribution in [2.24, 2.45) is 0 Å². The first kappa shape index (κ1) is 13.1. The Kier molecular flexibility index (Phi) is 3.89. The average Bonchev–Trinajstić information content (AvgIpc) is 3.08. The highest BCUT2D eigenvalue weighted by Gasteiger charge is 2.32. The molecule has 1 aliphatic carbocycles. The van der Waals surface area contributed by atoms with E-state index in [1.54, 1.807) is 0 Å². The SMILES string of the molecule is CSC1(CNCc2cccc3c2OCO3)CCCC1. The van der Waals surface area contributed by atoms with Crippen LogP contribution in [0.3, 0.4) is 0 Å². The molecule has 3 rings (SSSR count).